The van der Waals surface area contributed by atoms with Crippen LogP contribution in [0.25, 0.3) is 0 Å². The van der Waals surface area contributed by atoms with Gasteiger partial charge in [0.05, 0.1) is 27.4 Å². The van der Waals surface area contributed by atoms with Crippen LogP contribution in [-0.4, -0.2) is 40.7 Å². The minimum atomic E-state index is -4.67. The molecule has 0 unspecified atom stereocenters. The summed E-state index contributed by atoms with van der Waals surface area (Å²) in [5, 5.41) is 2.07. The molecule has 0 saturated heterocycles. The van der Waals surface area contributed by atoms with E-state index < -0.39 is 47.6 Å². The van der Waals surface area contributed by atoms with E-state index >= 15 is 0 Å². The third-order valence-corrected chi connectivity index (χ3v) is 6.22. The van der Waals surface area contributed by atoms with Crippen LogP contribution in [0.3, 0.4) is 0 Å². The van der Waals surface area contributed by atoms with Crippen LogP contribution in [0.2, 0.25) is 5.02 Å². The second-order valence-corrected chi connectivity index (χ2v) is 8.90. The van der Waals surface area contributed by atoms with Crippen LogP contribution in [0.15, 0.2) is 72.8 Å². The number of hydrogen-bond donors (Lipinski definition) is 1. The predicted molar refractivity (Wildman–Crippen MR) is 132 cm³/mol. The van der Waals surface area contributed by atoms with Gasteiger partial charge in [-0.1, -0.05) is 54.1 Å². The predicted octanol–water partition coefficient (Wildman–Crippen LogP) is 5.14. The van der Waals surface area contributed by atoms with E-state index in [0.29, 0.717) is 11.6 Å². The van der Waals surface area contributed by atoms with Crippen molar-refractivity contribution in [2.75, 3.05) is 5.32 Å². The standard InChI is InChI=1S/C27H20ClF3N2O5/c1-15(23(34)32-21-14-17(27(29,30)31)11-12-20(21)28)38-26(37)22(13-16-7-3-2-4-8-16)33-24(35)18-9-5-6-10-19(18)25(33)36/h2-12,14-15,22H,13H2,1H3,(H,32,34)/t15-,22+/m1/s1. The number of anilines is 1. The largest absolute Gasteiger partial charge is 0.451 e. The van der Waals surface area contributed by atoms with Crippen molar-refractivity contribution in [2.24, 2.45) is 0 Å². The molecule has 0 bridgehead atoms. The zero-order valence-electron chi connectivity index (χ0n) is 19.8. The molecule has 0 saturated carbocycles. The molecular formula is C27H20ClF3N2O5. The molecular weight excluding hydrogens is 525 g/mol. The molecule has 0 aromatic heterocycles. The zero-order chi connectivity index (χ0) is 27.6. The smallest absolute Gasteiger partial charge is 0.416 e. The van der Waals surface area contributed by atoms with Gasteiger partial charge in [0.1, 0.15) is 6.04 Å². The fourth-order valence-electron chi connectivity index (χ4n) is 3.95. The molecule has 0 fully saturated rings. The highest BCUT2D eigenvalue weighted by atomic mass is 35.5. The molecule has 3 aromatic rings. The molecule has 0 spiro atoms. The summed E-state index contributed by atoms with van der Waals surface area (Å²) in [7, 11) is 0. The molecule has 0 aliphatic carbocycles. The van der Waals surface area contributed by atoms with Gasteiger partial charge < -0.3 is 10.1 Å². The number of hydrogen-bond acceptors (Lipinski definition) is 5. The molecule has 1 aliphatic rings. The van der Waals surface area contributed by atoms with Gasteiger partial charge in [0, 0.05) is 6.42 Å². The molecule has 38 heavy (non-hydrogen) atoms. The highest BCUT2D eigenvalue weighted by molar-refractivity contribution is 6.33. The lowest BCUT2D eigenvalue weighted by molar-refractivity contribution is -0.157. The Hall–Kier alpha value is -4.18. The Kier molecular flexibility index (Phi) is 7.54. The Labute approximate surface area is 220 Å². The number of fused-ring (bicyclic) bond motifs is 1. The Balaban J connectivity index is 1.55. The highest BCUT2D eigenvalue weighted by Crippen LogP contribution is 2.34. The SMILES string of the molecule is C[C@@H](OC(=O)[C@H](Cc1ccccc1)N1C(=O)c2ccccc2C1=O)C(=O)Nc1cc(C(F)(F)F)ccc1Cl. The second-order valence-electron chi connectivity index (χ2n) is 8.49. The molecule has 1 aliphatic heterocycles. The van der Waals surface area contributed by atoms with Gasteiger partial charge in [-0.15, -0.1) is 0 Å². The van der Waals surface area contributed by atoms with Gasteiger partial charge in [-0.05, 0) is 42.8 Å². The summed E-state index contributed by atoms with van der Waals surface area (Å²) in [5.41, 5.74) is -0.466. The average molecular weight is 545 g/mol. The summed E-state index contributed by atoms with van der Waals surface area (Å²) >= 11 is 5.93. The first kappa shape index (κ1) is 26.9. The van der Waals surface area contributed by atoms with Crippen LogP contribution < -0.4 is 5.32 Å². The number of carbonyl (C=O) groups is 4. The van der Waals surface area contributed by atoms with Crippen molar-refractivity contribution in [3.63, 3.8) is 0 Å². The number of nitrogens with one attached hydrogen (secondary N) is 1. The molecule has 1 N–H and O–H groups in total. The summed E-state index contributed by atoms with van der Waals surface area (Å²) in [5.74, 6) is -3.37. The topological polar surface area (TPSA) is 92.8 Å². The van der Waals surface area contributed by atoms with Crippen molar-refractivity contribution >= 4 is 41.0 Å². The average Bonchev–Trinajstić information content (AvgIpc) is 3.13. The van der Waals surface area contributed by atoms with Gasteiger partial charge in [-0.2, -0.15) is 13.2 Å². The molecule has 0 radical (unpaired) electrons. The molecule has 3 amide bonds. The number of halogens is 4. The summed E-state index contributed by atoms with van der Waals surface area (Å²) in [6.07, 6.45) is -6.25. The number of esters is 1. The van der Waals surface area contributed by atoms with E-state index in [1.54, 1.807) is 42.5 Å². The van der Waals surface area contributed by atoms with E-state index in [2.05, 4.69) is 5.32 Å². The quantitative estimate of drug-likeness (QED) is 0.328. The van der Waals surface area contributed by atoms with E-state index in [4.69, 9.17) is 16.3 Å². The molecule has 196 valence electrons. The normalized spacial score (nSPS) is 14.6. The Bertz CT molecular complexity index is 1380. The molecule has 1 heterocycles. The number of nitrogens with zero attached hydrogens (tertiary/aromatic N) is 1. The maximum absolute atomic E-state index is 13.3. The van der Waals surface area contributed by atoms with Crippen molar-refractivity contribution < 1.29 is 37.1 Å². The van der Waals surface area contributed by atoms with Crippen molar-refractivity contribution in [1.82, 2.24) is 4.90 Å². The monoisotopic (exact) mass is 544 g/mol. The van der Waals surface area contributed by atoms with Gasteiger partial charge >= 0.3 is 12.1 Å². The van der Waals surface area contributed by atoms with E-state index in [1.165, 1.54) is 19.1 Å². The number of carbonyl (C=O) groups excluding carboxylic acids is 4. The molecule has 11 heteroatoms. The van der Waals surface area contributed by atoms with E-state index in [-0.39, 0.29) is 28.3 Å². The van der Waals surface area contributed by atoms with Crippen LogP contribution in [0.5, 0.6) is 0 Å². The number of benzene rings is 3. The number of ether oxygens (including phenoxy) is 1. The second kappa shape index (κ2) is 10.7. The van der Waals surface area contributed by atoms with Gasteiger partial charge in [0.2, 0.25) is 0 Å². The summed E-state index contributed by atoms with van der Waals surface area (Å²) in [6.45, 7) is 1.21. The number of imide groups is 1. The van der Waals surface area contributed by atoms with Gasteiger partial charge in [0.25, 0.3) is 17.7 Å². The van der Waals surface area contributed by atoms with Gasteiger partial charge in [-0.3, -0.25) is 19.3 Å². The molecule has 3 aromatic carbocycles. The molecule has 4 rings (SSSR count). The summed E-state index contributed by atoms with van der Waals surface area (Å²) < 4.78 is 44.5. The summed E-state index contributed by atoms with van der Waals surface area (Å²) in [6, 6.07) is 15.7. The molecule has 2 atom stereocenters. The van der Waals surface area contributed by atoms with Gasteiger partial charge in [0.15, 0.2) is 6.10 Å². The lowest BCUT2D eigenvalue weighted by Crippen LogP contribution is -2.48. The Morgan fingerprint density at radius 1 is 0.947 bits per heavy atom. The third-order valence-electron chi connectivity index (χ3n) is 5.89. The van der Waals surface area contributed by atoms with E-state index in [9.17, 15) is 32.3 Å². The van der Waals surface area contributed by atoms with Crippen molar-refractivity contribution in [3.8, 4) is 0 Å². The van der Waals surface area contributed by atoms with E-state index in [1.807, 2.05) is 0 Å². The minimum Gasteiger partial charge on any atom is -0.451 e. The van der Waals surface area contributed by atoms with E-state index in [0.717, 1.165) is 17.0 Å². The number of rotatable bonds is 7. The van der Waals surface area contributed by atoms with Crippen LogP contribution in [0.1, 0.15) is 38.8 Å². The van der Waals surface area contributed by atoms with Crippen molar-refractivity contribution in [2.45, 2.75) is 31.7 Å². The highest BCUT2D eigenvalue weighted by Gasteiger charge is 2.44. The maximum Gasteiger partial charge on any atom is 0.416 e. The van der Waals surface area contributed by atoms with Gasteiger partial charge in [-0.25, -0.2) is 4.79 Å². The van der Waals surface area contributed by atoms with Crippen molar-refractivity contribution in [1.29, 1.82) is 0 Å². The van der Waals surface area contributed by atoms with Crippen LogP contribution in [0.4, 0.5) is 18.9 Å². The lowest BCUT2D eigenvalue weighted by atomic mass is 10.0. The first-order valence-corrected chi connectivity index (χ1v) is 11.7. The first-order valence-electron chi connectivity index (χ1n) is 11.4. The lowest BCUT2D eigenvalue weighted by Gasteiger charge is -2.26. The number of amides is 3. The Morgan fingerprint density at radius 2 is 1.53 bits per heavy atom. The fourth-order valence-corrected chi connectivity index (χ4v) is 4.11. The first-order chi connectivity index (χ1) is 18.0. The third kappa shape index (κ3) is 5.55. The fraction of sp³-hybridized carbons (Fsp3) is 0.185. The van der Waals surface area contributed by atoms with Crippen molar-refractivity contribution in [3.05, 3.63) is 100 Å². The minimum absolute atomic E-state index is 0.0844. The Morgan fingerprint density at radius 3 is 2.11 bits per heavy atom. The zero-order valence-corrected chi connectivity index (χ0v) is 20.5. The summed E-state index contributed by atoms with van der Waals surface area (Å²) in [4.78, 5) is 52.9. The maximum atomic E-state index is 13.3. The van der Waals surface area contributed by atoms with Crippen LogP contribution in [0, 0.1) is 0 Å². The number of alkyl halides is 3. The van der Waals surface area contributed by atoms with Crippen LogP contribution >= 0.6 is 11.6 Å². The molecule has 7 nitrogen and oxygen atoms in total. The van der Waals surface area contributed by atoms with Crippen LogP contribution in [-0.2, 0) is 26.9 Å².